The number of nitrogens with zero attached hydrogens (tertiary/aromatic N) is 3. The van der Waals surface area contributed by atoms with Crippen molar-refractivity contribution in [2.24, 2.45) is 0 Å². The number of amides is 1. The number of benzene rings is 1. The lowest BCUT2D eigenvalue weighted by Gasteiger charge is -2.39. The van der Waals surface area contributed by atoms with E-state index in [1.807, 2.05) is 42.2 Å². The standard InChI is InChI=1S/C20H25N3O2/c1-3-25-19-10-5-4-8-17(19)15-22-12-13-23(16(2)14-22)20(24)18-9-6-7-11-21-18/h4-11,16H,3,12-15H2,1-2H3/t16-/m0/s1. The van der Waals surface area contributed by atoms with Crippen LogP contribution in [0.4, 0.5) is 0 Å². The molecule has 1 fully saturated rings. The van der Waals surface area contributed by atoms with Crippen LogP contribution >= 0.6 is 0 Å². The molecule has 0 unspecified atom stereocenters. The molecule has 0 saturated carbocycles. The van der Waals surface area contributed by atoms with Gasteiger partial charge in [0.1, 0.15) is 11.4 Å². The summed E-state index contributed by atoms with van der Waals surface area (Å²) >= 11 is 0. The van der Waals surface area contributed by atoms with Gasteiger partial charge in [-0.05, 0) is 32.0 Å². The molecular weight excluding hydrogens is 314 g/mol. The summed E-state index contributed by atoms with van der Waals surface area (Å²) in [5.41, 5.74) is 1.71. The Kier molecular flexibility index (Phi) is 5.66. The van der Waals surface area contributed by atoms with Gasteiger partial charge < -0.3 is 9.64 Å². The number of carbonyl (C=O) groups is 1. The fourth-order valence-electron chi connectivity index (χ4n) is 3.29. The lowest BCUT2D eigenvalue weighted by molar-refractivity contribution is 0.0468. The van der Waals surface area contributed by atoms with E-state index >= 15 is 0 Å². The quantitative estimate of drug-likeness (QED) is 0.840. The van der Waals surface area contributed by atoms with E-state index in [0.717, 1.165) is 25.4 Å². The van der Waals surface area contributed by atoms with Gasteiger partial charge in [-0.1, -0.05) is 24.3 Å². The van der Waals surface area contributed by atoms with Crippen molar-refractivity contribution in [1.29, 1.82) is 0 Å². The maximum atomic E-state index is 12.6. The van der Waals surface area contributed by atoms with E-state index in [0.29, 0.717) is 18.8 Å². The maximum absolute atomic E-state index is 12.6. The lowest BCUT2D eigenvalue weighted by atomic mass is 10.1. The highest BCUT2D eigenvalue weighted by Crippen LogP contribution is 2.22. The third-order valence-corrected chi connectivity index (χ3v) is 4.52. The van der Waals surface area contributed by atoms with Gasteiger partial charge in [-0.15, -0.1) is 0 Å². The molecule has 1 amide bonds. The smallest absolute Gasteiger partial charge is 0.272 e. The van der Waals surface area contributed by atoms with Crippen molar-refractivity contribution >= 4 is 5.91 Å². The largest absolute Gasteiger partial charge is 0.494 e. The van der Waals surface area contributed by atoms with E-state index in [9.17, 15) is 4.79 Å². The molecule has 2 aromatic rings. The number of rotatable bonds is 5. The topological polar surface area (TPSA) is 45.7 Å². The van der Waals surface area contributed by atoms with Gasteiger partial charge in [-0.25, -0.2) is 0 Å². The van der Waals surface area contributed by atoms with Crippen molar-refractivity contribution in [3.8, 4) is 5.75 Å². The molecule has 1 aliphatic heterocycles. The number of pyridine rings is 1. The molecule has 2 heterocycles. The summed E-state index contributed by atoms with van der Waals surface area (Å²) in [4.78, 5) is 21.1. The van der Waals surface area contributed by atoms with Gasteiger partial charge in [0.05, 0.1) is 6.61 Å². The van der Waals surface area contributed by atoms with E-state index in [2.05, 4.69) is 22.9 Å². The normalized spacial score (nSPS) is 18.2. The molecule has 5 nitrogen and oxygen atoms in total. The predicted molar refractivity (Wildman–Crippen MR) is 97.6 cm³/mol. The van der Waals surface area contributed by atoms with Crippen LogP contribution in [0.1, 0.15) is 29.9 Å². The summed E-state index contributed by atoms with van der Waals surface area (Å²) in [7, 11) is 0. The first-order chi connectivity index (χ1) is 12.2. The molecule has 1 aromatic carbocycles. The Hall–Kier alpha value is -2.40. The van der Waals surface area contributed by atoms with E-state index in [1.165, 1.54) is 5.56 Å². The van der Waals surface area contributed by atoms with Crippen LogP contribution in [0, 0.1) is 0 Å². The number of aromatic nitrogens is 1. The minimum Gasteiger partial charge on any atom is -0.494 e. The minimum absolute atomic E-state index is 0.0162. The fourth-order valence-corrected chi connectivity index (χ4v) is 3.29. The molecule has 1 atom stereocenters. The number of carbonyl (C=O) groups excluding carboxylic acids is 1. The van der Waals surface area contributed by atoms with Gasteiger partial charge >= 0.3 is 0 Å². The van der Waals surface area contributed by atoms with Crippen LogP contribution in [0.5, 0.6) is 5.75 Å². The molecule has 0 aliphatic carbocycles. The van der Waals surface area contributed by atoms with Crippen molar-refractivity contribution < 1.29 is 9.53 Å². The van der Waals surface area contributed by atoms with Gasteiger partial charge in [-0.3, -0.25) is 14.7 Å². The Labute approximate surface area is 149 Å². The second kappa shape index (κ2) is 8.12. The van der Waals surface area contributed by atoms with Gasteiger partial charge in [0.15, 0.2) is 0 Å². The average Bonchev–Trinajstić information content (AvgIpc) is 2.64. The van der Waals surface area contributed by atoms with Gasteiger partial charge in [0, 0.05) is 44.0 Å². The highest BCUT2D eigenvalue weighted by atomic mass is 16.5. The number of hydrogen-bond donors (Lipinski definition) is 0. The van der Waals surface area contributed by atoms with Crippen LogP contribution in [-0.4, -0.2) is 53.0 Å². The molecule has 5 heteroatoms. The molecular formula is C20H25N3O2. The third-order valence-electron chi connectivity index (χ3n) is 4.52. The minimum atomic E-state index is 0.0162. The highest BCUT2D eigenvalue weighted by Gasteiger charge is 2.28. The van der Waals surface area contributed by atoms with Crippen LogP contribution < -0.4 is 4.74 Å². The second-order valence-corrected chi connectivity index (χ2v) is 6.34. The second-order valence-electron chi connectivity index (χ2n) is 6.34. The molecule has 1 aromatic heterocycles. The predicted octanol–water partition coefficient (Wildman–Crippen LogP) is 2.83. The molecule has 0 bridgehead atoms. The first-order valence-corrected chi connectivity index (χ1v) is 8.84. The Morgan fingerprint density at radius 3 is 2.72 bits per heavy atom. The Bertz CT molecular complexity index is 705. The van der Waals surface area contributed by atoms with Crippen molar-refractivity contribution in [3.63, 3.8) is 0 Å². The number of hydrogen-bond acceptors (Lipinski definition) is 4. The van der Waals surface area contributed by atoms with E-state index < -0.39 is 0 Å². The molecule has 0 radical (unpaired) electrons. The first kappa shape index (κ1) is 17.4. The number of piperazine rings is 1. The average molecular weight is 339 g/mol. The van der Waals surface area contributed by atoms with Crippen LogP contribution in [0.15, 0.2) is 48.7 Å². The van der Waals surface area contributed by atoms with Crippen LogP contribution in [0.2, 0.25) is 0 Å². The number of para-hydroxylation sites is 1. The SMILES string of the molecule is CCOc1ccccc1CN1CCN(C(=O)c2ccccn2)[C@@H](C)C1. The van der Waals surface area contributed by atoms with Gasteiger partial charge in [-0.2, -0.15) is 0 Å². The summed E-state index contributed by atoms with van der Waals surface area (Å²) < 4.78 is 5.72. The Balaban J connectivity index is 1.63. The summed E-state index contributed by atoms with van der Waals surface area (Å²) in [5, 5.41) is 0. The van der Waals surface area contributed by atoms with E-state index in [4.69, 9.17) is 4.74 Å². The van der Waals surface area contributed by atoms with Crippen molar-refractivity contribution in [1.82, 2.24) is 14.8 Å². The summed E-state index contributed by atoms with van der Waals surface area (Å²) in [5.74, 6) is 0.965. The Morgan fingerprint density at radius 1 is 1.20 bits per heavy atom. The van der Waals surface area contributed by atoms with Crippen molar-refractivity contribution in [2.45, 2.75) is 26.4 Å². The molecule has 1 aliphatic rings. The summed E-state index contributed by atoms with van der Waals surface area (Å²) in [6.45, 7) is 8.02. The van der Waals surface area contributed by atoms with Gasteiger partial charge in [0.25, 0.3) is 5.91 Å². The van der Waals surface area contributed by atoms with E-state index in [1.54, 1.807) is 12.3 Å². The molecule has 0 N–H and O–H groups in total. The highest BCUT2D eigenvalue weighted by molar-refractivity contribution is 5.92. The number of ether oxygens (including phenoxy) is 1. The Morgan fingerprint density at radius 2 is 2.00 bits per heavy atom. The zero-order chi connectivity index (χ0) is 17.6. The molecule has 25 heavy (non-hydrogen) atoms. The van der Waals surface area contributed by atoms with Crippen molar-refractivity contribution in [2.75, 3.05) is 26.2 Å². The van der Waals surface area contributed by atoms with Crippen molar-refractivity contribution in [3.05, 3.63) is 59.9 Å². The first-order valence-electron chi connectivity index (χ1n) is 8.84. The zero-order valence-electron chi connectivity index (χ0n) is 14.9. The maximum Gasteiger partial charge on any atom is 0.272 e. The van der Waals surface area contributed by atoms with Crippen LogP contribution in [0.3, 0.4) is 0 Å². The monoisotopic (exact) mass is 339 g/mol. The van der Waals surface area contributed by atoms with Crippen LogP contribution in [0.25, 0.3) is 0 Å². The molecule has 3 rings (SSSR count). The molecule has 1 saturated heterocycles. The summed E-state index contributed by atoms with van der Waals surface area (Å²) in [6, 6.07) is 13.8. The lowest BCUT2D eigenvalue weighted by Crippen LogP contribution is -2.53. The fraction of sp³-hybridized carbons (Fsp3) is 0.400. The summed E-state index contributed by atoms with van der Waals surface area (Å²) in [6.07, 6.45) is 1.67. The molecule has 132 valence electrons. The zero-order valence-corrected chi connectivity index (χ0v) is 14.9. The third kappa shape index (κ3) is 4.17. The van der Waals surface area contributed by atoms with E-state index in [-0.39, 0.29) is 11.9 Å². The molecule has 0 spiro atoms. The van der Waals surface area contributed by atoms with Crippen LogP contribution in [-0.2, 0) is 6.54 Å². The van der Waals surface area contributed by atoms with Gasteiger partial charge in [0.2, 0.25) is 0 Å².